The van der Waals surface area contributed by atoms with E-state index >= 15 is 0 Å². The van der Waals surface area contributed by atoms with Gasteiger partial charge in [-0.15, -0.1) is 11.3 Å². The van der Waals surface area contributed by atoms with E-state index in [0.717, 1.165) is 21.5 Å². The van der Waals surface area contributed by atoms with Crippen LogP contribution in [-0.4, -0.2) is 9.97 Å². The number of aromatic nitrogens is 2. The third-order valence-corrected chi connectivity index (χ3v) is 4.15. The van der Waals surface area contributed by atoms with Crippen LogP contribution in [0.15, 0.2) is 29.6 Å². The molecule has 20 heavy (non-hydrogen) atoms. The summed E-state index contributed by atoms with van der Waals surface area (Å²) in [5.41, 5.74) is 0.973. The van der Waals surface area contributed by atoms with Crippen molar-refractivity contribution in [1.82, 2.24) is 9.97 Å². The lowest BCUT2D eigenvalue weighted by Gasteiger charge is -2.08. The Morgan fingerprint density at radius 3 is 2.85 bits per heavy atom. The molecule has 102 valence electrons. The van der Waals surface area contributed by atoms with E-state index in [2.05, 4.69) is 9.97 Å². The zero-order valence-electron chi connectivity index (χ0n) is 10.6. The molecule has 1 aromatic carbocycles. The van der Waals surface area contributed by atoms with Gasteiger partial charge in [0.15, 0.2) is 5.82 Å². The van der Waals surface area contributed by atoms with Gasteiger partial charge in [-0.2, -0.15) is 0 Å². The van der Waals surface area contributed by atoms with Crippen LogP contribution in [0.4, 0.5) is 0 Å². The highest BCUT2D eigenvalue weighted by Crippen LogP contribution is 2.26. The Morgan fingerprint density at radius 1 is 1.20 bits per heavy atom. The summed E-state index contributed by atoms with van der Waals surface area (Å²) in [4.78, 5) is 9.55. The molecule has 0 radical (unpaired) electrons. The molecule has 0 unspecified atom stereocenters. The Kier molecular flexibility index (Phi) is 3.78. The Hall–Kier alpha value is -1.36. The van der Waals surface area contributed by atoms with Gasteiger partial charge in [-0.1, -0.05) is 23.2 Å². The van der Waals surface area contributed by atoms with Crippen LogP contribution in [0.5, 0.6) is 5.75 Å². The highest BCUT2D eigenvalue weighted by Gasteiger charge is 2.08. The fraction of sp³-hybridized carbons (Fsp3) is 0.143. The molecule has 0 atom stereocenters. The number of nitrogens with zero attached hydrogens (tertiary/aromatic N) is 2. The molecule has 0 aliphatic carbocycles. The van der Waals surface area contributed by atoms with Crippen molar-refractivity contribution in [3.8, 4) is 5.75 Å². The molecule has 2 aromatic heterocycles. The number of benzene rings is 1. The second-order valence-electron chi connectivity index (χ2n) is 4.27. The average molecular weight is 325 g/mol. The number of rotatable bonds is 3. The van der Waals surface area contributed by atoms with E-state index in [4.69, 9.17) is 27.9 Å². The van der Waals surface area contributed by atoms with Gasteiger partial charge in [0.2, 0.25) is 0 Å². The maximum atomic E-state index is 6.12. The van der Waals surface area contributed by atoms with Crippen LogP contribution >= 0.6 is 34.5 Å². The molecule has 0 spiro atoms. The number of thiophene rings is 1. The van der Waals surface area contributed by atoms with Crippen molar-refractivity contribution in [3.63, 3.8) is 0 Å². The van der Waals surface area contributed by atoms with Gasteiger partial charge in [0.25, 0.3) is 0 Å². The first kappa shape index (κ1) is 13.6. The smallest absolute Gasteiger partial charge is 0.169 e. The summed E-state index contributed by atoms with van der Waals surface area (Å²) in [6, 6.07) is 7.40. The molecule has 2 heterocycles. The summed E-state index contributed by atoms with van der Waals surface area (Å²) >= 11 is 13.6. The number of ether oxygens (including phenoxy) is 1. The lowest BCUT2D eigenvalue weighted by atomic mass is 10.2. The number of aryl methyl sites for hydroxylation is 1. The van der Waals surface area contributed by atoms with E-state index in [9.17, 15) is 0 Å². The topological polar surface area (TPSA) is 35.0 Å². The molecular weight excluding hydrogens is 315 g/mol. The molecule has 0 fully saturated rings. The van der Waals surface area contributed by atoms with Crippen LogP contribution in [0.3, 0.4) is 0 Å². The highest BCUT2D eigenvalue weighted by atomic mass is 35.5. The van der Waals surface area contributed by atoms with Crippen LogP contribution in [0.25, 0.3) is 10.2 Å². The van der Waals surface area contributed by atoms with E-state index in [-0.39, 0.29) is 6.61 Å². The fourth-order valence-corrected chi connectivity index (χ4v) is 3.16. The molecule has 0 N–H and O–H groups in total. The lowest BCUT2D eigenvalue weighted by molar-refractivity contribution is 0.294. The maximum Gasteiger partial charge on any atom is 0.169 e. The van der Waals surface area contributed by atoms with E-state index < -0.39 is 0 Å². The predicted octanol–water partition coefficient (Wildman–Crippen LogP) is 4.89. The van der Waals surface area contributed by atoms with Gasteiger partial charge >= 0.3 is 0 Å². The lowest BCUT2D eigenvalue weighted by Crippen LogP contribution is -2.02. The summed E-state index contributed by atoms with van der Waals surface area (Å²) in [5.74, 6) is 1.33. The summed E-state index contributed by atoms with van der Waals surface area (Å²) < 4.78 is 5.72. The first-order valence-electron chi connectivity index (χ1n) is 5.92. The molecule has 3 rings (SSSR count). The van der Waals surface area contributed by atoms with Gasteiger partial charge in [0, 0.05) is 10.4 Å². The minimum Gasteiger partial charge on any atom is -0.485 e. The summed E-state index contributed by atoms with van der Waals surface area (Å²) in [6.45, 7) is 2.22. The molecule has 0 saturated heterocycles. The molecule has 0 aliphatic heterocycles. The molecule has 0 bridgehead atoms. The summed E-state index contributed by atoms with van der Waals surface area (Å²) in [5, 5.41) is 3.97. The van der Waals surface area contributed by atoms with E-state index in [1.807, 2.05) is 30.5 Å². The van der Waals surface area contributed by atoms with Crippen LogP contribution in [-0.2, 0) is 6.61 Å². The number of halogens is 2. The van der Waals surface area contributed by atoms with E-state index in [0.29, 0.717) is 16.0 Å². The van der Waals surface area contributed by atoms with Crippen LogP contribution < -0.4 is 4.74 Å². The van der Waals surface area contributed by atoms with E-state index in [1.165, 1.54) is 11.3 Å². The minimum absolute atomic E-state index is 0.274. The van der Waals surface area contributed by atoms with Crippen LogP contribution in [0.2, 0.25) is 10.2 Å². The largest absolute Gasteiger partial charge is 0.485 e. The van der Waals surface area contributed by atoms with Gasteiger partial charge in [0.05, 0.1) is 0 Å². The highest BCUT2D eigenvalue weighted by molar-refractivity contribution is 7.16. The van der Waals surface area contributed by atoms with Gasteiger partial charge in [-0.3, -0.25) is 0 Å². The Labute approximate surface area is 130 Å². The van der Waals surface area contributed by atoms with E-state index in [1.54, 1.807) is 6.07 Å². The van der Waals surface area contributed by atoms with Gasteiger partial charge in [0.1, 0.15) is 22.3 Å². The van der Waals surface area contributed by atoms with Crippen LogP contribution in [0, 0.1) is 6.92 Å². The third kappa shape index (κ3) is 2.73. The van der Waals surface area contributed by atoms with Crippen molar-refractivity contribution >= 4 is 44.8 Å². The van der Waals surface area contributed by atoms with Crippen molar-refractivity contribution in [2.45, 2.75) is 13.5 Å². The fourth-order valence-electron chi connectivity index (χ4n) is 1.84. The van der Waals surface area contributed by atoms with Crippen molar-refractivity contribution in [2.24, 2.45) is 0 Å². The Morgan fingerprint density at radius 2 is 2.05 bits per heavy atom. The zero-order valence-corrected chi connectivity index (χ0v) is 12.9. The molecule has 0 aliphatic rings. The first-order chi connectivity index (χ1) is 9.63. The minimum atomic E-state index is 0.274. The monoisotopic (exact) mass is 324 g/mol. The normalized spacial score (nSPS) is 10.9. The standard InChI is InChI=1S/C14H10Cl2N2OS/c1-8-6-9(15)2-3-11(8)19-7-12-17-13(16)10-4-5-20-14(10)18-12/h2-6H,7H2,1H3. The molecule has 3 aromatic rings. The van der Waals surface area contributed by atoms with Gasteiger partial charge < -0.3 is 4.74 Å². The molecule has 0 amide bonds. The molecular formula is C14H10Cl2N2OS. The predicted molar refractivity (Wildman–Crippen MR) is 82.9 cm³/mol. The van der Waals surface area contributed by atoms with Gasteiger partial charge in [-0.05, 0) is 42.1 Å². The first-order valence-corrected chi connectivity index (χ1v) is 7.55. The summed E-state index contributed by atoms with van der Waals surface area (Å²) in [7, 11) is 0. The molecule has 0 saturated carbocycles. The SMILES string of the molecule is Cc1cc(Cl)ccc1OCc1nc(Cl)c2ccsc2n1. The second-order valence-corrected chi connectivity index (χ2v) is 5.96. The van der Waals surface area contributed by atoms with Crippen molar-refractivity contribution < 1.29 is 4.74 Å². The zero-order chi connectivity index (χ0) is 14.1. The molecule has 6 heteroatoms. The average Bonchev–Trinajstić information content (AvgIpc) is 2.86. The third-order valence-electron chi connectivity index (χ3n) is 2.82. The van der Waals surface area contributed by atoms with Crippen molar-refractivity contribution in [2.75, 3.05) is 0 Å². The summed E-state index contributed by atoms with van der Waals surface area (Å²) in [6.07, 6.45) is 0. The van der Waals surface area contributed by atoms with Crippen LogP contribution in [0.1, 0.15) is 11.4 Å². The van der Waals surface area contributed by atoms with Gasteiger partial charge in [-0.25, -0.2) is 9.97 Å². The number of hydrogen-bond donors (Lipinski definition) is 0. The molecule has 3 nitrogen and oxygen atoms in total. The quantitative estimate of drug-likeness (QED) is 0.643. The van der Waals surface area contributed by atoms with Crippen molar-refractivity contribution in [3.05, 3.63) is 51.2 Å². The maximum absolute atomic E-state index is 6.12. The second kappa shape index (κ2) is 5.56. The van der Waals surface area contributed by atoms with Crippen molar-refractivity contribution in [1.29, 1.82) is 0 Å². The number of hydrogen-bond acceptors (Lipinski definition) is 4. The number of fused-ring (bicyclic) bond motifs is 1. The Balaban J connectivity index is 1.82. The Bertz CT molecular complexity index is 773.